The Bertz CT molecular complexity index is 441. The summed E-state index contributed by atoms with van der Waals surface area (Å²) in [6, 6.07) is 5.11. The van der Waals surface area contributed by atoms with Crippen LogP contribution in [0.3, 0.4) is 0 Å². The van der Waals surface area contributed by atoms with Crippen molar-refractivity contribution in [2.45, 2.75) is 19.9 Å². The lowest BCUT2D eigenvalue weighted by Gasteiger charge is -2.15. The van der Waals surface area contributed by atoms with E-state index in [0.29, 0.717) is 30.4 Å². The van der Waals surface area contributed by atoms with Gasteiger partial charge >= 0.3 is 0 Å². The third-order valence-electron chi connectivity index (χ3n) is 3.20. The first kappa shape index (κ1) is 17.1. The van der Waals surface area contributed by atoms with Crippen molar-refractivity contribution in [2.75, 3.05) is 27.4 Å². The number of nitrogens with one attached hydrogen (secondary N) is 1. The molecule has 0 aromatic heterocycles. The molecule has 118 valence electrons. The molecule has 3 N–H and O–H groups in total. The van der Waals surface area contributed by atoms with Gasteiger partial charge in [-0.15, -0.1) is 0 Å². The predicted molar refractivity (Wildman–Crippen MR) is 80.9 cm³/mol. The SMILES string of the molecule is COc1cc(OC)cc(OCCNC(=O)C(C)C(C)N)c1. The Balaban J connectivity index is 2.44. The van der Waals surface area contributed by atoms with Crippen LogP contribution in [0.15, 0.2) is 18.2 Å². The zero-order valence-electron chi connectivity index (χ0n) is 13.0. The molecule has 6 nitrogen and oxygen atoms in total. The molecule has 1 rings (SSSR count). The summed E-state index contributed by atoms with van der Waals surface area (Å²) in [6.07, 6.45) is 0. The number of amides is 1. The van der Waals surface area contributed by atoms with Crippen LogP contribution in [0.4, 0.5) is 0 Å². The minimum Gasteiger partial charge on any atom is -0.496 e. The second-order valence-corrected chi connectivity index (χ2v) is 4.84. The number of hydrogen-bond donors (Lipinski definition) is 2. The molecule has 1 aromatic carbocycles. The Morgan fingerprint density at radius 2 is 1.67 bits per heavy atom. The molecule has 0 heterocycles. The molecule has 2 unspecified atom stereocenters. The van der Waals surface area contributed by atoms with E-state index in [1.807, 2.05) is 6.92 Å². The fourth-order valence-electron chi connectivity index (χ4n) is 1.61. The standard InChI is InChI=1S/C15H24N2O4/c1-10(11(2)16)15(18)17-5-6-21-14-8-12(19-3)7-13(9-14)20-4/h7-11H,5-6,16H2,1-4H3,(H,17,18). The molecule has 6 heteroatoms. The third kappa shape index (κ3) is 5.51. The molecule has 0 saturated carbocycles. The Labute approximate surface area is 125 Å². The van der Waals surface area contributed by atoms with E-state index in [0.717, 1.165) is 0 Å². The molecule has 2 atom stereocenters. The fraction of sp³-hybridized carbons (Fsp3) is 0.533. The van der Waals surface area contributed by atoms with E-state index in [-0.39, 0.29) is 17.9 Å². The number of carbonyl (C=O) groups is 1. The smallest absolute Gasteiger partial charge is 0.224 e. The molecule has 0 bridgehead atoms. The lowest BCUT2D eigenvalue weighted by Crippen LogP contribution is -2.40. The average Bonchev–Trinajstić information content (AvgIpc) is 2.49. The Kier molecular flexibility index (Phi) is 6.81. The van der Waals surface area contributed by atoms with Crippen molar-refractivity contribution < 1.29 is 19.0 Å². The minimum atomic E-state index is -0.220. The summed E-state index contributed by atoms with van der Waals surface area (Å²) in [5, 5.41) is 2.78. The molecule has 0 spiro atoms. The van der Waals surface area contributed by atoms with Crippen LogP contribution in [-0.4, -0.2) is 39.3 Å². The van der Waals surface area contributed by atoms with Gasteiger partial charge in [0.1, 0.15) is 23.9 Å². The molecule has 0 saturated heterocycles. The maximum absolute atomic E-state index is 11.7. The van der Waals surface area contributed by atoms with Crippen molar-refractivity contribution >= 4 is 5.91 Å². The summed E-state index contributed by atoms with van der Waals surface area (Å²) >= 11 is 0. The van der Waals surface area contributed by atoms with E-state index in [2.05, 4.69) is 5.32 Å². The van der Waals surface area contributed by atoms with Crippen molar-refractivity contribution in [2.24, 2.45) is 11.7 Å². The number of nitrogens with two attached hydrogens (primary N) is 1. The predicted octanol–water partition coefficient (Wildman–Crippen LogP) is 1.18. The molecule has 0 fully saturated rings. The van der Waals surface area contributed by atoms with Gasteiger partial charge in [-0.3, -0.25) is 4.79 Å². The van der Waals surface area contributed by atoms with Gasteiger partial charge in [-0.05, 0) is 6.92 Å². The molecular weight excluding hydrogens is 272 g/mol. The van der Waals surface area contributed by atoms with E-state index in [9.17, 15) is 4.79 Å². The monoisotopic (exact) mass is 296 g/mol. The van der Waals surface area contributed by atoms with Crippen LogP contribution >= 0.6 is 0 Å². The number of ether oxygens (including phenoxy) is 3. The second-order valence-electron chi connectivity index (χ2n) is 4.84. The van der Waals surface area contributed by atoms with Gasteiger partial charge in [0.15, 0.2) is 0 Å². The zero-order valence-corrected chi connectivity index (χ0v) is 13.0. The van der Waals surface area contributed by atoms with E-state index >= 15 is 0 Å². The van der Waals surface area contributed by atoms with Gasteiger partial charge in [0, 0.05) is 30.2 Å². The quantitative estimate of drug-likeness (QED) is 0.704. The van der Waals surface area contributed by atoms with Gasteiger partial charge in [-0.2, -0.15) is 0 Å². The maximum atomic E-state index is 11.7. The third-order valence-corrected chi connectivity index (χ3v) is 3.20. The average molecular weight is 296 g/mol. The lowest BCUT2D eigenvalue weighted by atomic mass is 10.0. The highest BCUT2D eigenvalue weighted by Crippen LogP contribution is 2.27. The van der Waals surface area contributed by atoms with E-state index < -0.39 is 0 Å². The first-order valence-corrected chi connectivity index (χ1v) is 6.87. The number of hydrogen-bond acceptors (Lipinski definition) is 5. The van der Waals surface area contributed by atoms with Crippen LogP contribution in [0.5, 0.6) is 17.2 Å². The van der Waals surface area contributed by atoms with Crippen molar-refractivity contribution in [3.63, 3.8) is 0 Å². The number of rotatable bonds is 8. The van der Waals surface area contributed by atoms with Crippen LogP contribution in [0, 0.1) is 5.92 Å². The zero-order chi connectivity index (χ0) is 15.8. The van der Waals surface area contributed by atoms with Crippen LogP contribution < -0.4 is 25.3 Å². The first-order chi connectivity index (χ1) is 9.97. The molecule has 0 radical (unpaired) electrons. The number of carbonyl (C=O) groups excluding carboxylic acids is 1. The van der Waals surface area contributed by atoms with Crippen molar-refractivity contribution in [3.05, 3.63) is 18.2 Å². The van der Waals surface area contributed by atoms with Gasteiger partial charge in [-0.25, -0.2) is 0 Å². The highest BCUT2D eigenvalue weighted by Gasteiger charge is 2.16. The maximum Gasteiger partial charge on any atom is 0.224 e. The minimum absolute atomic E-state index is 0.0724. The largest absolute Gasteiger partial charge is 0.496 e. The molecule has 1 amide bonds. The Hall–Kier alpha value is -1.95. The molecule has 21 heavy (non-hydrogen) atoms. The fourth-order valence-corrected chi connectivity index (χ4v) is 1.61. The summed E-state index contributed by atoms with van der Waals surface area (Å²) in [7, 11) is 3.16. The van der Waals surface area contributed by atoms with Crippen LogP contribution in [0.25, 0.3) is 0 Å². The van der Waals surface area contributed by atoms with Crippen molar-refractivity contribution in [3.8, 4) is 17.2 Å². The Morgan fingerprint density at radius 3 is 2.14 bits per heavy atom. The summed E-state index contributed by atoms with van der Waals surface area (Å²) < 4.78 is 15.9. The molecule has 0 aliphatic rings. The van der Waals surface area contributed by atoms with Crippen LogP contribution in [-0.2, 0) is 4.79 Å². The highest BCUT2D eigenvalue weighted by molar-refractivity contribution is 5.78. The Morgan fingerprint density at radius 1 is 1.14 bits per heavy atom. The van der Waals surface area contributed by atoms with Crippen LogP contribution in [0.1, 0.15) is 13.8 Å². The van der Waals surface area contributed by atoms with Gasteiger partial charge in [0.2, 0.25) is 5.91 Å². The molecule has 0 aliphatic carbocycles. The summed E-state index contributed by atoms with van der Waals surface area (Å²) in [5.41, 5.74) is 5.68. The van der Waals surface area contributed by atoms with Gasteiger partial charge in [0.05, 0.1) is 20.8 Å². The van der Waals surface area contributed by atoms with Crippen molar-refractivity contribution in [1.29, 1.82) is 0 Å². The number of methoxy groups -OCH3 is 2. The summed E-state index contributed by atoms with van der Waals surface area (Å²) in [4.78, 5) is 11.7. The van der Waals surface area contributed by atoms with Gasteiger partial charge in [-0.1, -0.05) is 6.92 Å². The molecular formula is C15H24N2O4. The van der Waals surface area contributed by atoms with Gasteiger partial charge < -0.3 is 25.3 Å². The second kappa shape index (κ2) is 8.36. The molecule has 1 aromatic rings. The molecule has 0 aliphatic heterocycles. The number of benzene rings is 1. The lowest BCUT2D eigenvalue weighted by molar-refractivity contribution is -0.125. The van der Waals surface area contributed by atoms with Gasteiger partial charge in [0.25, 0.3) is 0 Å². The van der Waals surface area contributed by atoms with E-state index in [4.69, 9.17) is 19.9 Å². The van der Waals surface area contributed by atoms with E-state index in [1.165, 1.54) is 0 Å². The normalized spacial score (nSPS) is 13.2. The van der Waals surface area contributed by atoms with Crippen LogP contribution in [0.2, 0.25) is 0 Å². The highest BCUT2D eigenvalue weighted by atomic mass is 16.5. The summed E-state index contributed by atoms with van der Waals surface area (Å²) in [6.45, 7) is 4.38. The van der Waals surface area contributed by atoms with Crippen molar-refractivity contribution in [1.82, 2.24) is 5.32 Å². The topological polar surface area (TPSA) is 82.8 Å². The van der Waals surface area contributed by atoms with E-state index in [1.54, 1.807) is 39.3 Å². The summed E-state index contributed by atoms with van der Waals surface area (Å²) in [5.74, 6) is 1.64. The first-order valence-electron chi connectivity index (χ1n) is 6.87.